The molecule has 8 nitrogen and oxygen atoms in total. The normalized spacial score (nSPS) is 10.6. The maximum Gasteiger partial charge on any atom is 0.343 e. The standard InChI is InChI=1S/C8H8N4O4/c1-16-3-2-12-6(10-7(3)13)4(8(14)15)5(9)11-12/h2H,1H3,(H2,9,11)(H,10,13)(H,14,15). The fourth-order valence-corrected chi connectivity index (χ4v) is 1.36. The van der Waals surface area contributed by atoms with Gasteiger partial charge in [-0.3, -0.25) is 4.79 Å². The minimum atomic E-state index is -1.26. The van der Waals surface area contributed by atoms with Gasteiger partial charge in [-0.1, -0.05) is 0 Å². The van der Waals surface area contributed by atoms with Gasteiger partial charge in [-0.05, 0) is 0 Å². The molecule has 4 N–H and O–H groups in total. The van der Waals surface area contributed by atoms with Crippen molar-refractivity contribution < 1.29 is 14.6 Å². The van der Waals surface area contributed by atoms with Crippen molar-refractivity contribution in [3.05, 3.63) is 22.1 Å². The van der Waals surface area contributed by atoms with Crippen molar-refractivity contribution >= 4 is 17.4 Å². The SMILES string of the molecule is COc1cn2nc(N)c(C(=O)O)c2[nH]c1=O. The second kappa shape index (κ2) is 3.26. The van der Waals surface area contributed by atoms with Gasteiger partial charge in [-0.15, -0.1) is 5.10 Å². The first-order chi connectivity index (χ1) is 7.54. The van der Waals surface area contributed by atoms with E-state index in [1.54, 1.807) is 0 Å². The van der Waals surface area contributed by atoms with E-state index < -0.39 is 11.5 Å². The second-order valence-electron chi connectivity index (χ2n) is 3.01. The molecule has 8 heteroatoms. The van der Waals surface area contributed by atoms with Crippen LogP contribution < -0.4 is 16.0 Å². The zero-order chi connectivity index (χ0) is 11.9. The summed E-state index contributed by atoms with van der Waals surface area (Å²) in [4.78, 5) is 24.6. The number of carboxylic acid groups (broad SMARTS) is 1. The first-order valence-corrected chi connectivity index (χ1v) is 4.23. The number of nitrogens with two attached hydrogens (primary N) is 1. The summed E-state index contributed by atoms with van der Waals surface area (Å²) in [7, 11) is 1.32. The molecule has 0 aliphatic rings. The molecule has 0 saturated heterocycles. The third-order valence-corrected chi connectivity index (χ3v) is 2.07. The van der Waals surface area contributed by atoms with Crippen LogP contribution in [0.5, 0.6) is 5.75 Å². The predicted molar refractivity (Wildman–Crippen MR) is 53.7 cm³/mol. The number of nitrogens with one attached hydrogen (secondary N) is 1. The van der Waals surface area contributed by atoms with E-state index in [0.717, 1.165) is 4.52 Å². The van der Waals surface area contributed by atoms with Crippen molar-refractivity contribution in [2.75, 3.05) is 12.8 Å². The molecule has 0 atom stereocenters. The lowest BCUT2D eigenvalue weighted by molar-refractivity contribution is 0.0700. The number of aromatic carboxylic acids is 1. The Morgan fingerprint density at radius 3 is 2.94 bits per heavy atom. The van der Waals surface area contributed by atoms with Gasteiger partial charge < -0.3 is 20.6 Å². The summed E-state index contributed by atoms with van der Waals surface area (Å²) in [6, 6.07) is 0. The van der Waals surface area contributed by atoms with Crippen molar-refractivity contribution in [3.63, 3.8) is 0 Å². The number of methoxy groups -OCH3 is 1. The highest BCUT2D eigenvalue weighted by molar-refractivity contribution is 5.99. The van der Waals surface area contributed by atoms with Crippen molar-refractivity contribution in [2.45, 2.75) is 0 Å². The first kappa shape index (κ1) is 10.0. The summed E-state index contributed by atoms with van der Waals surface area (Å²) in [5.74, 6) is -1.41. The van der Waals surface area contributed by atoms with E-state index in [1.165, 1.54) is 13.3 Å². The molecular formula is C8H8N4O4. The molecular weight excluding hydrogens is 216 g/mol. The summed E-state index contributed by atoms with van der Waals surface area (Å²) < 4.78 is 5.92. The number of aromatic amines is 1. The van der Waals surface area contributed by atoms with Gasteiger partial charge in [0.05, 0.1) is 13.3 Å². The Hall–Kier alpha value is -2.51. The summed E-state index contributed by atoms with van der Waals surface area (Å²) in [6.45, 7) is 0. The largest absolute Gasteiger partial charge is 0.490 e. The lowest BCUT2D eigenvalue weighted by atomic mass is 10.3. The maximum atomic E-state index is 11.4. The van der Waals surface area contributed by atoms with Crippen LogP contribution in [0.3, 0.4) is 0 Å². The molecule has 0 aliphatic carbocycles. The minimum Gasteiger partial charge on any atom is -0.490 e. The van der Waals surface area contributed by atoms with Crippen LogP contribution in [0.25, 0.3) is 5.65 Å². The van der Waals surface area contributed by atoms with Crippen LogP contribution in [0.1, 0.15) is 10.4 Å². The quantitative estimate of drug-likeness (QED) is 0.620. The summed E-state index contributed by atoms with van der Waals surface area (Å²) in [6.07, 6.45) is 1.26. The monoisotopic (exact) mass is 224 g/mol. The number of hydrogen-bond acceptors (Lipinski definition) is 5. The number of nitrogen functional groups attached to an aromatic ring is 1. The number of fused-ring (bicyclic) bond motifs is 1. The zero-order valence-corrected chi connectivity index (χ0v) is 8.22. The molecule has 0 bridgehead atoms. The van der Waals surface area contributed by atoms with Gasteiger partial charge in [0.15, 0.2) is 11.5 Å². The molecule has 0 saturated carbocycles. The number of aromatic nitrogens is 3. The van der Waals surface area contributed by atoms with Crippen LogP contribution in [-0.2, 0) is 0 Å². The van der Waals surface area contributed by atoms with Crippen LogP contribution >= 0.6 is 0 Å². The highest BCUT2D eigenvalue weighted by Crippen LogP contribution is 2.16. The fraction of sp³-hybridized carbons (Fsp3) is 0.125. The van der Waals surface area contributed by atoms with Crippen molar-refractivity contribution in [2.24, 2.45) is 0 Å². The van der Waals surface area contributed by atoms with Gasteiger partial charge in [-0.2, -0.15) is 0 Å². The van der Waals surface area contributed by atoms with Crippen LogP contribution in [-0.4, -0.2) is 32.8 Å². The highest BCUT2D eigenvalue weighted by Gasteiger charge is 2.18. The summed E-state index contributed by atoms with van der Waals surface area (Å²) >= 11 is 0. The van der Waals surface area contributed by atoms with E-state index >= 15 is 0 Å². The topological polar surface area (TPSA) is 123 Å². The number of ether oxygens (including phenoxy) is 1. The van der Waals surface area contributed by atoms with E-state index in [4.69, 9.17) is 15.6 Å². The Labute approximate surface area is 88.3 Å². The molecule has 2 aromatic rings. The number of nitrogens with zero attached hydrogens (tertiary/aromatic N) is 2. The molecule has 0 aliphatic heterocycles. The van der Waals surface area contributed by atoms with Gasteiger partial charge in [-0.25, -0.2) is 9.31 Å². The minimum absolute atomic E-state index is 0.0203. The third-order valence-electron chi connectivity index (χ3n) is 2.07. The Balaban J connectivity index is 2.86. The van der Waals surface area contributed by atoms with Gasteiger partial charge >= 0.3 is 5.97 Å². The first-order valence-electron chi connectivity index (χ1n) is 4.23. The number of carbonyl (C=O) groups is 1. The number of hydrogen-bond donors (Lipinski definition) is 3. The summed E-state index contributed by atoms with van der Waals surface area (Å²) in [5, 5.41) is 12.6. The number of carboxylic acids is 1. The average Bonchev–Trinajstić information content (AvgIpc) is 2.51. The van der Waals surface area contributed by atoms with Crippen LogP contribution in [0.15, 0.2) is 11.0 Å². The van der Waals surface area contributed by atoms with E-state index in [1.807, 2.05) is 0 Å². The van der Waals surface area contributed by atoms with Gasteiger partial charge in [0.2, 0.25) is 5.75 Å². The maximum absolute atomic E-state index is 11.4. The van der Waals surface area contributed by atoms with Crippen molar-refractivity contribution in [1.29, 1.82) is 0 Å². The molecule has 0 aromatic carbocycles. The number of H-pyrrole nitrogens is 1. The number of rotatable bonds is 2. The lowest BCUT2D eigenvalue weighted by Crippen LogP contribution is -2.12. The van der Waals surface area contributed by atoms with Crippen LogP contribution in [0.2, 0.25) is 0 Å². The van der Waals surface area contributed by atoms with Crippen LogP contribution in [0, 0.1) is 0 Å². The van der Waals surface area contributed by atoms with Crippen molar-refractivity contribution in [1.82, 2.24) is 14.6 Å². The molecule has 84 valence electrons. The highest BCUT2D eigenvalue weighted by atomic mass is 16.5. The number of anilines is 1. The smallest absolute Gasteiger partial charge is 0.343 e. The lowest BCUT2D eigenvalue weighted by Gasteiger charge is -1.99. The molecule has 16 heavy (non-hydrogen) atoms. The van der Waals surface area contributed by atoms with Crippen LogP contribution in [0.4, 0.5) is 5.82 Å². The molecule has 0 unspecified atom stereocenters. The van der Waals surface area contributed by atoms with E-state index in [-0.39, 0.29) is 22.8 Å². The zero-order valence-electron chi connectivity index (χ0n) is 8.22. The van der Waals surface area contributed by atoms with E-state index in [9.17, 15) is 9.59 Å². The fourth-order valence-electron chi connectivity index (χ4n) is 1.36. The molecule has 0 amide bonds. The Bertz CT molecular complexity index is 627. The summed E-state index contributed by atoms with van der Waals surface area (Å²) in [5.41, 5.74) is 4.66. The average molecular weight is 224 g/mol. The molecule has 0 fully saturated rings. The van der Waals surface area contributed by atoms with Gasteiger partial charge in [0.1, 0.15) is 5.56 Å². The molecule has 2 rings (SSSR count). The van der Waals surface area contributed by atoms with Gasteiger partial charge in [0, 0.05) is 0 Å². The van der Waals surface area contributed by atoms with E-state index in [2.05, 4.69) is 10.1 Å². The third kappa shape index (κ3) is 1.28. The molecule has 2 aromatic heterocycles. The molecule has 0 radical (unpaired) electrons. The second-order valence-corrected chi connectivity index (χ2v) is 3.01. The Morgan fingerprint density at radius 1 is 1.69 bits per heavy atom. The molecule has 2 heterocycles. The molecule has 0 spiro atoms. The van der Waals surface area contributed by atoms with Gasteiger partial charge in [0.25, 0.3) is 5.56 Å². The Morgan fingerprint density at radius 2 is 2.38 bits per heavy atom. The Kier molecular flexibility index (Phi) is 2.04. The predicted octanol–water partition coefficient (Wildman–Crippen LogP) is -0.688. The van der Waals surface area contributed by atoms with Crippen molar-refractivity contribution in [3.8, 4) is 5.75 Å². The van der Waals surface area contributed by atoms with E-state index in [0.29, 0.717) is 0 Å².